The number of carboxylic acids is 1. The van der Waals surface area contributed by atoms with Crippen LogP contribution in [0.15, 0.2) is 35.3 Å². The van der Waals surface area contributed by atoms with Gasteiger partial charge >= 0.3 is 5.97 Å². The zero-order valence-corrected chi connectivity index (χ0v) is 13.2. The maximum Gasteiger partial charge on any atom is 0.310 e. The molecule has 0 fully saturated rings. The highest BCUT2D eigenvalue weighted by Gasteiger charge is 2.20. The monoisotopic (exact) mass is 329 g/mol. The van der Waals surface area contributed by atoms with Gasteiger partial charge in [0.15, 0.2) is 0 Å². The summed E-state index contributed by atoms with van der Waals surface area (Å²) in [7, 11) is 0. The molecule has 2 aromatic rings. The van der Waals surface area contributed by atoms with Crippen molar-refractivity contribution in [1.82, 2.24) is 4.68 Å². The highest BCUT2D eigenvalue weighted by atomic mass is 19.1. The van der Waals surface area contributed by atoms with E-state index in [-0.39, 0.29) is 17.7 Å². The lowest BCUT2D eigenvalue weighted by Gasteiger charge is -2.15. The summed E-state index contributed by atoms with van der Waals surface area (Å²) in [6.45, 7) is 3.31. The van der Waals surface area contributed by atoms with Gasteiger partial charge in [0.25, 0.3) is 5.56 Å². The van der Waals surface area contributed by atoms with Gasteiger partial charge in [-0.3, -0.25) is 9.59 Å². The van der Waals surface area contributed by atoms with Crippen LogP contribution in [0.5, 0.6) is 0 Å². The Hall–Kier alpha value is -3.14. The van der Waals surface area contributed by atoms with Crippen molar-refractivity contribution in [2.75, 3.05) is 5.43 Å². The van der Waals surface area contributed by atoms with E-state index in [1.807, 2.05) is 0 Å². The summed E-state index contributed by atoms with van der Waals surface area (Å²) in [5.41, 5.74) is 3.73. The van der Waals surface area contributed by atoms with Crippen molar-refractivity contribution in [3.63, 3.8) is 0 Å². The van der Waals surface area contributed by atoms with Crippen molar-refractivity contribution < 1.29 is 14.3 Å². The van der Waals surface area contributed by atoms with Crippen LogP contribution in [0.2, 0.25) is 0 Å². The molecule has 1 heterocycles. The Kier molecular flexibility index (Phi) is 4.99. The van der Waals surface area contributed by atoms with Gasteiger partial charge in [-0.2, -0.15) is 5.26 Å². The second-order valence-electron chi connectivity index (χ2n) is 5.41. The third-order valence-electron chi connectivity index (χ3n) is 3.76. The van der Waals surface area contributed by atoms with Crippen LogP contribution in [-0.2, 0) is 11.3 Å². The van der Waals surface area contributed by atoms with Crippen LogP contribution in [0.25, 0.3) is 0 Å². The van der Waals surface area contributed by atoms with Crippen molar-refractivity contribution in [3.8, 4) is 6.07 Å². The summed E-state index contributed by atoms with van der Waals surface area (Å²) < 4.78 is 14.5. The largest absolute Gasteiger partial charge is 0.481 e. The number of hydrogen-bond donors (Lipinski definition) is 2. The number of benzene rings is 1. The first kappa shape index (κ1) is 17.2. The average Bonchev–Trinajstić information content (AvgIpc) is 2.55. The van der Waals surface area contributed by atoms with Crippen molar-refractivity contribution in [2.24, 2.45) is 0 Å². The molecule has 0 aliphatic carbocycles. The summed E-state index contributed by atoms with van der Waals surface area (Å²) in [6, 6.07) is 7.48. The van der Waals surface area contributed by atoms with Crippen LogP contribution in [0.3, 0.4) is 0 Å². The molecule has 124 valence electrons. The lowest BCUT2D eigenvalue weighted by atomic mass is 9.99. The van der Waals surface area contributed by atoms with E-state index in [2.05, 4.69) is 5.43 Å². The Balaban J connectivity index is 2.29. The van der Waals surface area contributed by atoms with E-state index in [1.165, 1.54) is 36.0 Å². The molecule has 0 spiro atoms. The summed E-state index contributed by atoms with van der Waals surface area (Å²) >= 11 is 0. The number of carboxylic acid groups (broad SMARTS) is 1. The van der Waals surface area contributed by atoms with E-state index in [0.29, 0.717) is 11.1 Å². The Labute approximate surface area is 137 Å². The minimum Gasteiger partial charge on any atom is -0.481 e. The van der Waals surface area contributed by atoms with E-state index in [0.717, 1.165) is 0 Å². The smallest absolute Gasteiger partial charge is 0.310 e. The fourth-order valence-electron chi connectivity index (χ4n) is 2.36. The first-order valence-electron chi connectivity index (χ1n) is 7.22. The number of nitrogens with zero attached hydrogens (tertiary/aromatic N) is 2. The SMILES string of the molecule is Cc1ccn(NCc2ccc(F)c(C#N)c2)c(=O)c1C(C)C(=O)O. The van der Waals surface area contributed by atoms with Crippen molar-refractivity contribution in [2.45, 2.75) is 26.3 Å². The normalized spacial score (nSPS) is 11.6. The Bertz CT molecular complexity index is 884. The number of nitrogens with one attached hydrogen (secondary N) is 1. The van der Waals surface area contributed by atoms with Crippen molar-refractivity contribution >= 4 is 5.97 Å². The topological polar surface area (TPSA) is 95.1 Å². The molecular weight excluding hydrogens is 313 g/mol. The average molecular weight is 329 g/mol. The number of aliphatic carboxylic acids is 1. The zero-order chi connectivity index (χ0) is 17.9. The number of hydrogen-bond acceptors (Lipinski definition) is 4. The lowest BCUT2D eigenvalue weighted by Crippen LogP contribution is -2.33. The molecule has 1 aromatic carbocycles. The van der Waals surface area contributed by atoms with Gasteiger partial charge in [0.1, 0.15) is 11.9 Å². The van der Waals surface area contributed by atoms with E-state index < -0.39 is 23.3 Å². The number of aryl methyl sites for hydroxylation is 1. The maximum atomic E-state index is 13.3. The van der Waals surface area contributed by atoms with Gasteiger partial charge < -0.3 is 10.5 Å². The molecule has 24 heavy (non-hydrogen) atoms. The van der Waals surface area contributed by atoms with Crippen LogP contribution in [0.1, 0.15) is 35.1 Å². The first-order valence-corrected chi connectivity index (χ1v) is 7.22. The van der Waals surface area contributed by atoms with Gasteiger partial charge in [-0.25, -0.2) is 9.07 Å². The predicted molar refractivity (Wildman–Crippen MR) is 85.7 cm³/mol. The predicted octanol–water partition coefficient (Wildman–Crippen LogP) is 2.10. The fourth-order valence-corrected chi connectivity index (χ4v) is 2.36. The second-order valence-corrected chi connectivity index (χ2v) is 5.41. The number of halogens is 1. The molecule has 0 saturated heterocycles. The lowest BCUT2D eigenvalue weighted by molar-refractivity contribution is -0.138. The van der Waals surface area contributed by atoms with Crippen molar-refractivity contribution in [1.29, 1.82) is 5.26 Å². The van der Waals surface area contributed by atoms with Gasteiger partial charge in [-0.1, -0.05) is 6.07 Å². The molecule has 1 unspecified atom stereocenters. The van der Waals surface area contributed by atoms with E-state index in [9.17, 15) is 14.0 Å². The standard InChI is InChI=1S/C17H16FN3O3/c1-10-5-6-21(16(22)15(10)11(2)17(23)24)20-9-12-3-4-14(18)13(7-12)8-19/h3-7,11,20H,9H2,1-2H3,(H,23,24). The molecule has 6 nitrogen and oxygen atoms in total. The highest BCUT2D eigenvalue weighted by molar-refractivity contribution is 5.75. The molecule has 0 aliphatic heterocycles. The Morgan fingerprint density at radius 1 is 1.46 bits per heavy atom. The van der Waals surface area contributed by atoms with Crippen LogP contribution in [0, 0.1) is 24.1 Å². The van der Waals surface area contributed by atoms with E-state index >= 15 is 0 Å². The van der Waals surface area contributed by atoms with Crippen LogP contribution >= 0.6 is 0 Å². The second kappa shape index (κ2) is 6.96. The molecule has 2 rings (SSSR count). The van der Waals surface area contributed by atoms with Gasteiger partial charge in [-0.15, -0.1) is 0 Å². The number of nitriles is 1. The van der Waals surface area contributed by atoms with Gasteiger partial charge in [-0.05, 0) is 43.2 Å². The fraction of sp³-hybridized carbons (Fsp3) is 0.235. The molecular formula is C17H16FN3O3. The maximum absolute atomic E-state index is 13.3. The number of pyridine rings is 1. The van der Waals surface area contributed by atoms with Crippen LogP contribution in [0.4, 0.5) is 4.39 Å². The molecule has 0 amide bonds. The summed E-state index contributed by atoms with van der Waals surface area (Å²) in [6.07, 6.45) is 1.50. The Morgan fingerprint density at radius 3 is 2.79 bits per heavy atom. The molecule has 1 atom stereocenters. The minimum atomic E-state index is -1.08. The summed E-state index contributed by atoms with van der Waals surface area (Å²) in [4.78, 5) is 23.6. The molecule has 1 aromatic heterocycles. The molecule has 0 saturated carbocycles. The number of aromatic nitrogens is 1. The van der Waals surface area contributed by atoms with Gasteiger partial charge in [0.05, 0.1) is 18.0 Å². The third-order valence-corrected chi connectivity index (χ3v) is 3.76. The third kappa shape index (κ3) is 3.43. The Morgan fingerprint density at radius 2 is 2.17 bits per heavy atom. The molecule has 0 bridgehead atoms. The summed E-state index contributed by atoms with van der Waals surface area (Å²) in [5, 5.41) is 18.0. The molecule has 0 aliphatic rings. The number of rotatable bonds is 5. The highest BCUT2D eigenvalue weighted by Crippen LogP contribution is 2.15. The van der Waals surface area contributed by atoms with Crippen LogP contribution < -0.4 is 11.0 Å². The first-order chi connectivity index (χ1) is 11.3. The molecule has 2 N–H and O–H groups in total. The van der Waals surface area contributed by atoms with Gasteiger partial charge in [0.2, 0.25) is 0 Å². The van der Waals surface area contributed by atoms with E-state index in [4.69, 9.17) is 10.4 Å². The molecule has 0 radical (unpaired) electrons. The van der Waals surface area contributed by atoms with Crippen LogP contribution in [-0.4, -0.2) is 15.8 Å². The summed E-state index contributed by atoms with van der Waals surface area (Å²) in [5.74, 6) is -2.61. The van der Waals surface area contributed by atoms with E-state index in [1.54, 1.807) is 19.1 Å². The molecule has 7 heteroatoms. The quantitative estimate of drug-likeness (QED) is 0.876. The number of carbonyl (C=O) groups is 1. The van der Waals surface area contributed by atoms with Crippen molar-refractivity contribution in [3.05, 3.63) is 68.9 Å². The zero-order valence-electron chi connectivity index (χ0n) is 13.2. The minimum absolute atomic E-state index is 0.0780. The van der Waals surface area contributed by atoms with Gasteiger partial charge in [0, 0.05) is 11.8 Å².